The molecule has 0 aromatic heterocycles. The van der Waals surface area contributed by atoms with Crippen LogP contribution in [0.3, 0.4) is 0 Å². The molecule has 72 valence electrons. The average molecular weight is 209 g/mol. The molecule has 0 aromatic carbocycles. The second-order valence-electron chi connectivity index (χ2n) is 2.40. The van der Waals surface area contributed by atoms with Crippen LogP contribution in [-0.2, 0) is 11.3 Å². The van der Waals surface area contributed by atoms with E-state index < -0.39 is 6.30 Å². The fraction of sp³-hybridized carbons (Fsp3) is 0.286. The van der Waals surface area contributed by atoms with E-state index in [0.717, 1.165) is 0 Å². The highest BCUT2D eigenvalue weighted by Crippen LogP contribution is 2.16. The fourth-order valence-corrected chi connectivity index (χ4v) is 1.25. The lowest BCUT2D eigenvalue weighted by atomic mass is 10.1. The van der Waals surface area contributed by atoms with Crippen LogP contribution in [0.1, 0.15) is 6.42 Å². The molecule has 0 saturated carbocycles. The Labute approximate surface area is 76.2 Å². The Morgan fingerprint density at radius 3 is 2.69 bits per heavy atom. The molecular formula is C7H6F3NOS. The number of halogens is 3. The Bertz CT molecular complexity index is 312. The SMILES string of the molecule is O=S=C1C=CC=C(NC(F)(F)F)C1. The maximum Gasteiger partial charge on any atom is 0.482 e. The first-order valence-electron chi connectivity index (χ1n) is 3.39. The summed E-state index contributed by atoms with van der Waals surface area (Å²) in [5.41, 5.74) is -0.00616. The van der Waals surface area contributed by atoms with Crippen molar-refractivity contribution < 1.29 is 17.4 Å². The van der Waals surface area contributed by atoms with Gasteiger partial charge in [-0.2, -0.15) is 13.2 Å². The predicted octanol–water partition coefficient (Wildman–Crippen LogP) is 1.32. The summed E-state index contributed by atoms with van der Waals surface area (Å²) >= 11 is 0.207. The van der Waals surface area contributed by atoms with Crippen LogP contribution in [0.5, 0.6) is 0 Å². The molecule has 0 heterocycles. The van der Waals surface area contributed by atoms with Gasteiger partial charge in [-0.3, -0.25) is 0 Å². The van der Waals surface area contributed by atoms with Crippen LogP contribution < -0.4 is 5.32 Å². The van der Waals surface area contributed by atoms with E-state index in [0.29, 0.717) is 4.86 Å². The van der Waals surface area contributed by atoms with Crippen LogP contribution in [0.25, 0.3) is 0 Å². The first-order chi connectivity index (χ1) is 6.01. The molecule has 13 heavy (non-hydrogen) atoms. The second-order valence-corrected chi connectivity index (χ2v) is 3.09. The maximum atomic E-state index is 11.8. The van der Waals surface area contributed by atoms with E-state index in [9.17, 15) is 17.4 Å². The van der Waals surface area contributed by atoms with Crippen molar-refractivity contribution in [2.45, 2.75) is 12.7 Å². The number of rotatable bonds is 1. The van der Waals surface area contributed by atoms with Crippen molar-refractivity contribution >= 4 is 16.1 Å². The molecule has 0 unspecified atom stereocenters. The van der Waals surface area contributed by atoms with Crippen LogP contribution in [0.4, 0.5) is 13.2 Å². The van der Waals surface area contributed by atoms with Crippen molar-refractivity contribution in [3.63, 3.8) is 0 Å². The van der Waals surface area contributed by atoms with Gasteiger partial charge in [0, 0.05) is 12.1 Å². The van der Waals surface area contributed by atoms with Crippen molar-refractivity contribution in [2.24, 2.45) is 0 Å². The largest absolute Gasteiger partial charge is 0.482 e. The number of allylic oxidation sites excluding steroid dienone is 4. The Balaban J connectivity index is 2.69. The lowest BCUT2D eigenvalue weighted by Gasteiger charge is -2.14. The van der Waals surface area contributed by atoms with Gasteiger partial charge in [0.05, 0.1) is 16.1 Å². The van der Waals surface area contributed by atoms with E-state index in [4.69, 9.17) is 0 Å². The Morgan fingerprint density at radius 2 is 2.15 bits per heavy atom. The van der Waals surface area contributed by atoms with Gasteiger partial charge in [0.1, 0.15) is 0 Å². The molecule has 1 aliphatic rings. The quantitative estimate of drug-likeness (QED) is 0.521. The van der Waals surface area contributed by atoms with E-state index in [-0.39, 0.29) is 23.4 Å². The predicted molar refractivity (Wildman–Crippen MR) is 44.2 cm³/mol. The highest BCUT2D eigenvalue weighted by Gasteiger charge is 2.28. The van der Waals surface area contributed by atoms with Gasteiger partial charge in [-0.1, -0.05) is 6.08 Å². The zero-order chi connectivity index (χ0) is 9.90. The molecule has 0 radical (unpaired) electrons. The third-order valence-electron chi connectivity index (χ3n) is 1.35. The van der Waals surface area contributed by atoms with Gasteiger partial charge >= 0.3 is 6.30 Å². The fourth-order valence-electron chi connectivity index (χ4n) is 0.902. The Morgan fingerprint density at radius 1 is 1.46 bits per heavy atom. The summed E-state index contributed by atoms with van der Waals surface area (Å²) in [6.07, 6.45) is -0.204. The molecule has 1 N–H and O–H groups in total. The van der Waals surface area contributed by atoms with Crippen molar-refractivity contribution in [3.05, 3.63) is 23.9 Å². The van der Waals surface area contributed by atoms with Crippen LogP contribution in [0.15, 0.2) is 23.9 Å². The molecule has 0 saturated heterocycles. The first kappa shape index (κ1) is 10.0. The van der Waals surface area contributed by atoms with Gasteiger partial charge in [0.25, 0.3) is 0 Å². The molecule has 0 aliphatic heterocycles. The van der Waals surface area contributed by atoms with E-state index >= 15 is 0 Å². The lowest BCUT2D eigenvalue weighted by Crippen LogP contribution is -2.32. The summed E-state index contributed by atoms with van der Waals surface area (Å²) in [5.74, 6) is 0. The highest BCUT2D eigenvalue weighted by atomic mass is 32.1. The van der Waals surface area contributed by atoms with Gasteiger partial charge in [0.2, 0.25) is 0 Å². The normalized spacial score (nSPS) is 16.8. The molecule has 0 spiro atoms. The third-order valence-corrected chi connectivity index (χ3v) is 1.85. The minimum absolute atomic E-state index is 0.00616. The summed E-state index contributed by atoms with van der Waals surface area (Å²) in [7, 11) is 0. The smallest absolute Gasteiger partial charge is 0.301 e. The number of alkyl halides is 3. The Kier molecular flexibility index (Phi) is 2.92. The van der Waals surface area contributed by atoms with Crippen LogP contribution >= 0.6 is 0 Å². The third kappa shape index (κ3) is 3.45. The van der Waals surface area contributed by atoms with Crippen LogP contribution in [0.2, 0.25) is 0 Å². The van der Waals surface area contributed by atoms with Gasteiger partial charge in [-0.25, -0.2) is 4.21 Å². The zero-order valence-electron chi connectivity index (χ0n) is 6.39. The molecule has 6 heteroatoms. The second kappa shape index (κ2) is 3.78. The average Bonchev–Trinajstić information content (AvgIpc) is 2.01. The summed E-state index contributed by atoms with van der Waals surface area (Å²) in [5, 5.41) is 1.36. The number of hydrogen-bond acceptors (Lipinski definition) is 2. The summed E-state index contributed by atoms with van der Waals surface area (Å²) in [4.78, 5) is 0.370. The van der Waals surface area contributed by atoms with Crippen molar-refractivity contribution in [2.75, 3.05) is 0 Å². The van der Waals surface area contributed by atoms with Crippen molar-refractivity contribution in [1.29, 1.82) is 0 Å². The minimum Gasteiger partial charge on any atom is -0.301 e. The standard InChI is InChI=1S/C7H6F3NOS/c8-7(9,10)11-5-2-1-3-6(4-5)13-12/h1-3,11H,4H2. The number of nitrogens with one attached hydrogen (secondary N) is 1. The Hall–Kier alpha value is -1.04. The molecule has 1 aliphatic carbocycles. The van der Waals surface area contributed by atoms with E-state index in [1.807, 2.05) is 0 Å². The van der Waals surface area contributed by atoms with Crippen LogP contribution in [-0.4, -0.2) is 15.4 Å². The topological polar surface area (TPSA) is 29.1 Å². The maximum absolute atomic E-state index is 11.8. The highest BCUT2D eigenvalue weighted by molar-refractivity contribution is 7.66. The lowest BCUT2D eigenvalue weighted by molar-refractivity contribution is -0.149. The van der Waals surface area contributed by atoms with Gasteiger partial charge in [-0.05, 0) is 12.2 Å². The number of hydrogen-bond donors (Lipinski definition) is 1. The molecular weight excluding hydrogens is 203 g/mol. The summed E-state index contributed by atoms with van der Waals surface area (Å²) < 4.78 is 45.7. The van der Waals surface area contributed by atoms with Gasteiger partial charge in [-0.15, -0.1) is 0 Å². The van der Waals surface area contributed by atoms with E-state index in [1.54, 1.807) is 0 Å². The van der Waals surface area contributed by atoms with Crippen molar-refractivity contribution in [1.82, 2.24) is 5.32 Å². The van der Waals surface area contributed by atoms with E-state index in [2.05, 4.69) is 0 Å². The zero-order valence-corrected chi connectivity index (χ0v) is 7.21. The molecule has 0 atom stereocenters. The molecule has 0 aromatic rings. The molecule has 0 fully saturated rings. The van der Waals surface area contributed by atoms with Crippen LogP contribution in [0, 0.1) is 0 Å². The molecule has 0 amide bonds. The van der Waals surface area contributed by atoms with Crippen molar-refractivity contribution in [3.8, 4) is 0 Å². The van der Waals surface area contributed by atoms with Gasteiger partial charge < -0.3 is 5.32 Å². The van der Waals surface area contributed by atoms with E-state index in [1.165, 1.54) is 23.5 Å². The minimum atomic E-state index is -4.43. The molecule has 1 rings (SSSR count). The monoisotopic (exact) mass is 209 g/mol. The summed E-state index contributed by atoms with van der Waals surface area (Å²) in [6, 6.07) is 0. The molecule has 0 bridgehead atoms. The summed E-state index contributed by atoms with van der Waals surface area (Å²) in [6.45, 7) is 0. The molecule has 2 nitrogen and oxygen atoms in total. The van der Waals surface area contributed by atoms with Gasteiger partial charge in [0.15, 0.2) is 0 Å². The first-order valence-corrected chi connectivity index (χ1v) is 4.13.